The fourth-order valence-electron chi connectivity index (χ4n) is 4.93. The van der Waals surface area contributed by atoms with Gasteiger partial charge < -0.3 is 9.64 Å². The molecule has 0 atom stereocenters. The summed E-state index contributed by atoms with van der Waals surface area (Å²) in [6.45, 7) is 5.53. The van der Waals surface area contributed by atoms with Crippen LogP contribution in [-0.4, -0.2) is 77.8 Å². The number of sulfonamides is 1. The van der Waals surface area contributed by atoms with Crippen LogP contribution in [0, 0.1) is 0 Å². The average Bonchev–Trinajstić information content (AvgIpc) is 3.22. The molecule has 192 valence electrons. The fraction of sp³-hybridized carbons (Fsp3) is 0.625. The van der Waals surface area contributed by atoms with Gasteiger partial charge in [0.1, 0.15) is 5.82 Å². The summed E-state index contributed by atoms with van der Waals surface area (Å²) in [6, 6.07) is 6.29. The quantitative estimate of drug-likeness (QED) is 0.543. The van der Waals surface area contributed by atoms with Gasteiger partial charge in [0.25, 0.3) is 5.91 Å². The normalized spacial score (nSPS) is 18.2. The number of amides is 1. The van der Waals surface area contributed by atoms with Gasteiger partial charge in [-0.15, -0.1) is 0 Å². The van der Waals surface area contributed by atoms with Crippen molar-refractivity contribution in [1.29, 1.82) is 0 Å². The summed E-state index contributed by atoms with van der Waals surface area (Å²) in [7, 11) is -1.92. The highest BCUT2D eigenvalue weighted by Gasteiger charge is 2.30. The Morgan fingerprint density at radius 1 is 1.06 bits per heavy atom. The van der Waals surface area contributed by atoms with Gasteiger partial charge in [-0.1, -0.05) is 6.42 Å². The number of aromatic nitrogens is 3. The van der Waals surface area contributed by atoms with Crippen LogP contribution in [0.5, 0.6) is 0 Å². The minimum atomic E-state index is -3.52. The molecule has 2 aliphatic rings. The van der Waals surface area contributed by atoms with Crippen LogP contribution in [-0.2, 0) is 27.8 Å². The topological polar surface area (TPSA) is 107 Å². The van der Waals surface area contributed by atoms with Crippen molar-refractivity contribution in [3.05, 3.63) is 46.1 Å². The maximum atomic E-state index is 13.1. The lowest BCUT2D eigenvalue weighted by Gasteiger charge is -2.31. The first-order valence-electron chi connectivity index (χ1n) is 12.4. The zero-order valence-electron chi connectivity index (χ0n) is 20.6. The Balaban J connectivity index is 1.40. The number of carbonyl (C=O) groups is 1. The van der Waals surface area contributed by atoms with Gasteiger partial charge in [0.05, 0.1) is 18.0 Å². The number of hydrogen-bond acceptors (Lipinski definition) is 6. The van der Waals surface area contributed by atoms with Gasteiger partial charge in [0.15, 0.2) is 0 Å². The highest BCUT2D eigenvalue weighted by atomic mass is 32.2. The van der Waals surface area contributed by atoms with E-state index in [9.17, 15) is 18.0 Å². The Kier molecular flexibility index (Phi) is 8.08. The minimum absolute atomic E-state index is 0.104. The largest absolute Gasteiger partial charge is 0.383 e. The molecule has 0 aliphatic carbocycles. The monoisotopic (exact) mass is 505 g/mol. The first-order chi connectivity index (χ1) is 16.9. The summed E-state index contributed by atoms with van der Waals surface area (Å²) in [4.78, 5) is 27.7. The number of rotatable bonds is 8. The summed E-state index contributed by atoms with van der Waals surface area (Å²) in [5.74, 6) is 0.768. The van der Waals surface area contributed by atoms with Crippen LogP contribution in [0.3, 0.4) is 0 Å². The molecule has 0 spiro atoms. The van der Waals surface area contributed by atoms with E-state index in [1.165, 1.54) is 21.1 Å². The van der Waals surface area contributed by atoms with Crippen LogP contribution in [0.4, 0.5) is 0 Å². The SMILES string of the molecule is CCn1c(C2CCN(C(=O)c3ccc(S(=O)(=O)N4CCCCC4)cc3)CC2)nn(CCOC)c1=O. The molecular weight excluding hydrogens is 470 g/mol. The number of piperidine rings is 2. The summed E-state index contributed by atoms with van der Waals surface area (Å²) in [5.41, 5.74) is 0.355. The predicted molar refractivity (Wildman–Crippen MR) is 131 cm³/mol. The van der Waals surface area contributed by atoms with Crippen molar-refractivity contribution in [3.63, 3.8) is 0 Å². The molecule has 0 bridgehead atoms. The van der Waals surface area contributed by atoms with Crippen LogP contribution in [0.25, 0.3) is 0 Å². The van der Waals surface area contributed by atoms with E-state index in [2.05, 4.69) is 5.10 Å². The lowest BCUT2D eigenvalue weighted by Crippen LogP contribution is -2.38. The predicted octanol–water partition coefficient (Wildman–Crippen LogP) is 1.91. The van der Waals surface area contributed by atoms with E-state index in [1.54, 1.807) is 28.7 Å². The number of ether oxygens (including phenoxy) is 1. The van der Waals surface area contributed by atoms with Gasteiger partial charge in [-0.3, -0.25) is 9.36 Å². The molecule has 1 aromatic carbocycles. The molecule has 2 fully saturated rings. The molecule has 2 aliphatic heterocycles. The minimum Gasteiger partial charge on any atom is -0.383 e. The molecule has 3 heterocycles. The number of nitrogens with zero attached hydrogens (tertiary/aromatic N) is 5. The van der Waals surface area contributed by atoms with E-state index in [-0.39, 0.29) is 22.4 Å². The lowest BCUT2D eigenvalue weighted by atomic mass is 9.95. The van der Waals surface area contributed by atoms with Crippen molar-refractivity contribution in [3.8, 4) is 0 Å². The van der Waals surface area contributed by atoms with Gasteiger partial charge in [-0.25, -0.2) is 17.9 Å². The molecule has 2 aromatic rings. The Morgan fingerprint density at radius 3 is 2.31 bits per heavy atom. The van der Waals surface area contributed by atoms with Crippen molar-refractivity contribution >= 4 is 15.9 Å². The fourth-order valence-corrected chi connectivity index (χ4v) is 6.44. The third-order valence-corrected chi connectivity index (χ3v) is 8.89. The first kappa shape index (κ1) is 25.6. The Labute approximate surface area is 206 Å². The summed E-state index contributed by atoms with van der Waals surface area (Å²) in [6.07, 6.45) is 4.26. The number of hydrogen-bond donors (Lipinski definition) is 0. The molecule has 11 heteroatoms. The highest BCUT2D eigenvalue weighted by Crippen LogP contribution is 2.27. The first-order valence-corrected chi connectivity index (χ1v) is 13.9. The van der Waals surface area contributed by atoms with Crippen LogP contribution >= 0.6 is 0 Å². The maximum Gasteiger partial charge on any atom is 0.345 e. The lowest BCUT2D eigenvalue weighted by molar-refractivity contribution is 0.0710. The van der Waals surface area contributed by atoms with Crippen LogP contribution in [0.1, 0.15) is 61.1 Å². The van der Waals surface area contributed by atoms with Crippen LogP contribution in [0.15, 0.2) is 34.0 Å². The smallest absolute Gasteiger partial charge is 0.345 e. The third-order valence-electron chi connectivity index (χ3n) is 6.98. The van der Waals surface area contributed by atoms with Gasteiger partial charge >= 0.3 is 5.69 Å². The Morgan fingerprint density at radius 2 is 1.71 bits per heavy atom. The molecule has 0 unspecified atom stereocenters. The van der Waals surface area contributed by atoms with Crippen molar-refractivity contribution < 1.29 is 17.9 Å². The van der Waals surface area contributed by atoms with Crippen molar-refractivity contribution in [2.45, 2.75) is 62.9 Å². The molecule has 35 heavy (non-hydrogen) atoms. The summed E-state index contributed by atoms with van der Waals surface area (Å²) < 4.78 is 35.5. The van der Waals surface area contributed by atoms with E-state index in [4.69, 9.17) is 4.74 Å². The average molecular weight is 506 g/mol. The van der Waals surface area contributed by atoms with E-state index >= 15 is 0 Å². The molecule has 4 rings (SSSR count). The zero-order valence-corrected chi connectivity index (χ0v) is 21.4. The van der Waals surface area contributed by atoms with Crippen molar-refractivity contribution in [2.24, 2.45) is 0 Å². The Hall–Kier alpha value is -2.50. The number of likely N-dealkylation sites (tertiary alicyclic amines) is 1. The van der Waals surface area contributed by atoms with E-state index in [0.717, 1.165) is 25.1 Å². The summed E-state index contributed by atoms with van der Waals surface area (Å²) >= 11 is 0. The number of carbonyl (C=O) groups excluding carboxylic acids is 1. The van der Waals surface area contributed by atoms with E-state index in [1.807, 2.05) is 6.92 Å². The molecule has 0 radical (unpaired) electrons. The number of benzene rings is 1. The van der Waals surface area contributed by atoms with Crippen LogP contribution < -0.4 is 5.69 Å². The summed E-state index contributed by atoms with van der Waals surface area (Å²) in [5, 5.41) is 4.56. The standard InChI is InChI=1S/C24H35N5O5S/c1-3-28-22(25-29(24(28)31)17-18-34-2)19-11-15-26(16-12-19)23(30)20-7-9-21(10-8-20)35(32,33)27-13-5-4-6-14-27/h7-10,19H,3-6,11-18H2,1-2H3. The van der Waals surface area contributed by atoms with Crippen molar-refractivity contribution in [2.75, 3.05) is 39.9 Å². The second kappa shape index (κ2) is 11.0. The van der Waals surface area contributed by atoms with E-state index < -0.39 is 10.0 Å². The molecular formula is C24H35N5O5S. The Bertz CT molecular complexity index is 1170. The maximum absolute atomic E-state index is 13.1. The zero-order chi connectivity index (χ0) is 25.0. The van der Waals surface area contributed by atoms with Crippen LogP contribution in [0.2, 0.25) is 0 Å². The van der Waals surface area contributed by atoms with Gasteiger partial charge in [-0.2, -0.15) is 9.40 Å². The molecule has 2 saturated heterocycles. The second-order valence-electron chi connectivity index (χ2n) is 9.16. The molecule has 0 N–H and O–H groups in total. The van der Waals surface area contributed by atoms with Gasteiger partial charge in [0.2, 0.25) is 10.0 Å². The molecule has 0 saturated carbocycles. The van der Waals surface area contributed by atoms with Gasteiger partial charge in [0, 0.05) is 51.3 Å². The highest BCUT2D eigenvalue weighted by molar-refractivity contribution is 7.89. The third kappa shape index (κ3) is 5.36. The molecule has 1 amide bonds. The van der Waals surface area contributed by atoms with Crippen molar-refractivity contribution in [1.82, 2.24) is 23.6 Å². The molecule has 10 nitrogen and oxygen atoms in total. The molecule has 1 aromatic heterocycles. The van der Waals surface area contributed by atoms with E-state index in [0.29, 0.717) is 64.3 Å². The second-order valence-corrected chi connectivity index (χ2v) is 11.1. The number of methoxy groups -OCH3 is 1. The van der Waals surface area contributed by atoms with Gasteiger partial charge in [-0.05, 0) is 56.9 Å².